The van der Waals surface area contributed by atoms with E-state index < -0.39 is 23.0 Å². The van der Waals surface area contributed by atoms with E-state index in [9.17, 15) is 18.7 Å². The summed E-state index contributed by atoms with van der Waals surface area (Å²) in [5.41, 5.74) is 4.10. The summed E-state index contributed by atoms with van der Waals surface area (Å²) in [6.45, 7) is 1.15. The van der Waals surface area contributed by atoms with Gasteiger partial charge in [0.2, 0.25) is 0 Å². The van der Waals surface area contributed by atoms with Gasteiger partial charge < -0.3 is 15.3 Å². The van der Waals surface area contributed by atoms with Gasteiger partial charge in [0.05, 0.1) is 17.7 Å². The molecule has 0 spiro atoms. The number of hydrogen-bond acceptors (Lipinski definition) is 5. The van der Waals surface area contributed by atoms with Crippen molar-refractivity contribution in [2.75, 3.05) is 23.3 Å². The zero-order chi connectivity index (χ0) is 26.7. The Bertz CT molecular complexity index is 1640. The van der Waals surface area contributed by atoms with Gasteiger partial charge in [0, 0.05) is 30.8 Å². The van der Waals surface area contributed by atoms with Crippen LogP contribution >= 0.6 is 0 Å². The number of carboxylic acids is 1. The summed E-state index contributed by atoms with van der Waals surface area (Å²) in [4.78, 5) is 19.1. The van der Waals surface area contributed by atoms with E-state index in [4.69, 9.17) is 4.98 Å². The normalized spacial score (nSPS) is 21.2. The quantitative estimate of drug-likeness (QED) is 0.316. The van der Waals surface area contributed by atoms with Crippen LogP contribution in [-0.2, 0) is 4.79 Å². The fraction of sp³-hybridized carbons (Fsp3) is 0.300. The zero-order valence-electron chi connectivity index (χ0n) is 21.1. The van der Waals surface area contributed by atoms with Gasteiger partial charge >= 0.3 is 5.97 Å². The smallest absolute Gasteiger partial charge is 0.310 e. The highest BCUT2D eigenvalue weighted by Crippen LogP contribution is 2.61. The maximum atomic E-state index is 14.6. The molecule has 2 aliphatic carbocycles. The summed E-state index contributed by atoms with van der Waals surface area (Å²) < 4.78 is 30.2. The Morgan fingerprint density at radius 1 is 1.13 bits per heavy atom. The van der Waals surface area contributed by atoms with E-state index in [-0.39, 0.29) is 12.0 Å². The van der Waals surface area contributed by atoms with Crippen molar-refractivity contribution in [2.24, 2.45) is 5.41 Å². The van der Waals surface area contributed by atoms with Crippen molar-refractivity contribution in [1.29, 1.82) is 0 Å². The molecule has 0 amide bonds. The molecule has 1 saturated heterocycles. The van der Waals surface area contributed by atoms with Crippen molar-refractivity contribution in [3.63, 3.8) is 0 Å². The molecule has 198 valence electrons. The number of hydrogen-bond donors (Lipinski definition) is 2. The second-order valence-electron chi connectivity index (χ2n) is 10.7. The minimum absolute atomic E-state index is 0.171. The molecule has 2 atom stereocenters. The van der Waals surface area contributed by atoms with E-state index in [1.165, 1.54) is 12.1 Å². The lowest BCUT2D eigenvalue weighted by atomic mass is 9.80. The topological polar surface area (TPSA) is 82.8 Å². The number of fused-ring (bicyclic) bond motifs is 2. The maximum absolute atomic E-state index is 14.6. The number of halogens is 2. The van der Waals surface area contributed by atoms with E-state index in [1.54, 1.807) is 10.7 Å². The van der Waals surface area contributed by atoms with Crippen LogP contribution in [0.4, 0.5) is 20.3 Å². The Labute approximate surface area is 223 Å². The van der Waals surface area contributed by atoms with Crippen LogP contribution in [0.5, 0.6) is 0 Å². The third kappa shape index (κ3) is 3.87. The Hall–Kier alpha value is -4.27. The van der Waals surface area contributed by atoms with Crippen LogP contribution in [0.25, 0.3) is 11.7 Å². The van der Waals surface area contributed by atoms with Crippen molar-refractivity contribution in [3.05, 3.63) is 94.8 Å². The molecule has 1 unspecified atom stereocenters. The first-order valence-electron chi connectivity index (χ1n) is 13.3. The van der Waals surface area contributed by atoms with Crippen LogP contribution < -0.4 is 10.2 Å². The summed E-state index contributed by atoms with van der Waals surface area (Å²) in [6, 6.07) is 13.1. The Kier molecular flexibility index (Phi) is 5.43. The minimum atomic E-state index is -0.746. The number of carbonyl (C=O) groups is 1. The van der Waals surface area contributed by atoms with Gasteiger partial charge in [0.15, 0.2) is 5.65 Å². The monoisotopic (exact) mass is 527 g/mol. The molecule has 2 fully saturated rings. The number of rotatable bonds is 7. The number of aromatic nitrogens is 3. The summed E-state index contributed by atoms with van der Waals surface area (Å²) in [6.07, 6.45) is 8.52. The third-order valence-corrected chi connectivity index (χ3v) is 8.49. The van der Waals surface area contributed by atoms with Crippen molar-refractivity contribution in [2.45, 2.75) is 37.6 Å². The molecule has 1 saturated carbocycles. The van der Waals surface area contributed by atoms with E-state index >= 15 is 0 Å². The van der Waals surface area contributed by atoms with Gasteiger partial charge in [-0.3, -0.25) is 4.79 Å². The lowest BCUT2D eigenvalue weighted by Gasteiger charge is -2.26. The molecule has 2 aromatic carbocycles. The molecule has 2 aromatic heterocycles. The number of carboxylic acid groups (broad SMARTS) is 1. The molecule has 39 heavy (non-hydrogen) atoms. The molecule has 4 aromatic rings. The largest absolute Gasteiger partial charge is 0.481 e. The average Bonchev–Trinajstić information content (AvgIpc) is 3.26. The van der Waals surface area contributed by atoms with Crippen LogP contribution in [0.2, 0.25) is 0 Å². The number of nitrogens with zero attached hydrogens (tertiary/aromatic N) is 4. The van der Waals surface area contributed by atoms with Crippen molar-refractivity contribution in [1.82, 2.24) is 14.6 Å². The van der Waals surface area contributed by atoms with Crippen molar-refractivity contribution < 1.29 is 18.7 Å². The van der Waals surface area contributed by atoms with Crippen LogP contribution in [0, 0.1) is 17.0 Å². The van der Waals surface area contributed by atoms with Gasteiger partial charge in [-0.1, -0.05) is 30.3 Å². The summed E-state index contributed by atoms with van der Waals surface area (Å²) in [5, 5.41) is 17.9. The van der Waals surface area contributed by atoms with E-state index in [2.05, 4.69) is 16.5 Å². The molecule has 1 aliphatic heterocycles. The fourth-order valence-corrected chi connectivity index (χ4v) is 6.43. The van der Waals surface area contributed by atoms with Gasteiger partial charge in [-0.15, -0.1) is 0 Å². The van der Waals surface area contributed by atoms with Crippen molar-refractivity contribution >= 4 is 29.2 Å². The first-order valence-corrected chi connectivity index (χ1v) is 13.3. The van der Waals surface area contributed by atoms with Crippen LogP contribution in [-0.4, -0.2) is 38.8 Å². The van der Waals surface area contributed by atoms with Crippen LogP contribution in [0.1, 0.15) is 54.3 Å². The predicted molar refractivity (Wildman–Crippen MR) is 144 cm³/mol. The van der Waals surface area contributed by atoms with Gasteiger partial charge in [0.1, 0.15) is 23.1 Å². The highest BCUT2D eigenvalue weighted by molar-refractivity contribution is 5.83. The van der Waals surface area contributed by atoms with E-state index in [1.807, 2.05) is 41.4 Å². The molecule has 9 heteroatoms. The molecule has 3 heterocycles. The lowest BCUT2D eigenvalue weighted by Crippen LogP contribution is -2.26. The molecule has 2 N–H and O–H groups in total. The van der Waals surface area contributed by atoms with Crippen LogP contribution in [0.3, 0.4) is 0 Å². The fourth-order valence-electron chi connectivity index (χ4n) is 6.43. The number of anilines is 2. The third-order valence-electron chi connectivity index (χ3n) is 8.49. The first kappa shape index (κ1) is 23.8. The molecule has 0 radical (unpaired) electrons. The minimum Gasteiger partial charge on any atom is -0.481 e. The Morgan fingerprint density at radius 2 is 1.97 bits per heavy atom. The number of aliphatic carboxylic acids is 1. The second-order valence-corrected chi connectivity index (χ2v) is 10.7. The van der Waals surface area contributed by atoms with E-state index in [0.717, 1.165) is 34.9 Å². The zero-order valence-corrected chi connectivity index (χ0v) is 21.1. The predicted octanol–water partition coefficient (Wildman–Crippen LogP) is 5.81. The Morgan fingerprint density at radius 3 is 2.79 bits per heavy atom. The average molecular weight is 528 g/mol. The van der Waals surface area contributed by atoms with Gasteiger partial charge in [-0.2, -0.15) is 5.10 Å². The molecule has 7 rings (SSSR count). The van der Waals surface area contributed by atoms with Gasteiger partial charge in [-0.05, 0) is 66.6 Å². The number of nitrogens with one attached hydrogen (secondary N) is 1. The maximum Gasteiger partial charge on any atom is 0.310 e. The van der Waals surface area contributed by atoms with Crippen LogP contribution in [0.15, 0.2) is 66.5 Å². The van der Waals surface area contributed by atoms with Crippen molar-refractivity contribution in [3.8, 4) is 0 Å². The Balaban J connectivity index is 1.17. The highest BCUT2D eigenvalue weighted by atomic mass is 19.1. The molecule has 3 aliphatic rings. The molecule has 7 nitrogen and oxygen atoms in total. The van der Waals surface area contributed by atoms with E-state index in [0.29, 0.717) is 49.4 Å². The molecule has 0 bridgehead atoms. The van der Waals surface area contributed by atoms with Gasteiger partial charge in [0.25, 0.3) is 0 Å². The van der Waals surface area contributed by atoms with Gasteiger partial charge in [-0.25, -0.2) is 18.3 Å². The highest BCUT2D eigenvalue weighted by Gasteiger charge is 2.58. The first-order chi connectivity index (χ1) is 18.9. The summed E-state index contributed by atoms with van der Waals surface area (Å²) in [5.74, 6) is -1.12. The SMILES string of the molecule is O=C(O)C1([C@H]2C(CNc3cnn4ccc(N5CCCC5c5cc(F)ccc5F)nc34)=Cc3ccccc32)CC1. The lowest BCUT2D eigenvalue weighted by molar-refractivity contribution is -0.143. The molecular formula is C30H27F2N5O2. The summed E-state index contributed by atoms with van der Waals surface area (Å²) >= 11 is 0. The molecular weight excluding hydrogens is 500 g/mol. The standard InChI is InChI=1S/C30H27F2N5O2/c31-20-7-8-23(32)22(15-20)25-6-3-12-36(25)26-9-13-37-28(35-26)24(17-34-37)33-16-19-14-18-4-1-2-5-21(18)27(19)30(10-11-30)29(38)39/h1-2,4-5,7-9,13-15,17,25,27,33H,3,6,10-12,16H2,(H,38,39)/t25?,27-/m0/s1. The second kappa shape index (κ2) is 8.90. The summed E-state index contributed by atoms with van der Waals surface area (Å²) in [7, 11) is 0. The number of benzene rings is 2.